The average molecular weight is 363 g/mol. The highest BCUT2D eigenvalue weighted by molar-refractivity contribution is 8.85. The van der Waals surface area contributed by atoms with E-state index in [1.54, 1.807) is 21.6 Å². The summed E-state index contributed by atoms with van der Waals surface area (Å²) in [4.78, 5) is 0. The summed E-state index contributed by atoms with van der Waals surface area (Å²) in [6.07, 6.45) is 0.308. The van der Waals surface area contributed by atoms with Crippen molar-refractivity contribution in [3.8, 4) is 0 Å². The van der Waals surface area contributed by atoms with Crippen LogP contribution in [0.1, 0.15) is 27.7 Å². The maximum atomic E-state index is 5.36. The molecule has 0 saturated heterocycles. The van der Waals surface area contributed by atoms with E-state index in [0.717, 1.165) is 11.5 Å². The molecule has 0 aliphatic heterocycles. The summed E-state index contributed by atoms with van der Waals surface area (Å²) in [5, 5.41) is 0. The predicted molar refractivity (Wildman–Crippen MR) is 97.7 cm³/mol. The lowest BCUT2D eigenvalue weighted by atomic mass is 10.5. The van der Waals surface area contributed by atoms with E-state index in [2.05, 4.69) is 0 Å². The van der Waals surface area contributed by atoms with E-state index < -0.39 is 0 Å². The Labute approximate surface area is 136 Å². The molecule has 0 spiro atoms. The van der Waals surface area contributed by atoms with Gasteiger partial charge >= 0.3 is 0 Å². The predicted octanol–water partition coefficient (Wildman–Crippen LogP) is 5.17. The molecule has 0 unspecified atom stereocenters. The van der Waals surface area contributed by atoms with Crippen LogP contribution in [0, 0.1) is 0 Å². The lowest BCUT2D eigenvalue weighted by Crippen LogP contribution is -2.05. The molecule has 2 nitrogen and oxygen atoms in total. The van der Waals surface area contributed by atoms with E-state index in [9.17, 15) is 0 Å². The van der Waals surface area contributed by atoms with Gasteiger partial charge in [-0.25, -0.2) is 0 Å². The van der Waals surface area contributed by atoms with E-state index >= 15 is 0 Å². The van der Waals surface area contributed by atoms with Crippen LogP contribution in [0.5, 0.6) is 0 Å². The minimum Gasteiger partial charge on any atom is -0.475 e. The van der Waals surface area contributed by atoms with Crippen LogP contribution >= 0.6 is 67.6 Å². The smallest absolute Gasteiger partial charge is 0.231 e. The number of hydrogen-bond donors (Lipinski definition) is 0. The minimum absolute atomic E-state index is 0.154. The molecule has 0 atom stereocenters. The highest BCUT2D eigenvalue weighted by Gasteiger charge is 2.04. The van der Waals surface area contributed by atoms with Gasteiger partial charge in [0.2, 0.25) is 8.77 Å². The Bertz CT molecular complexity index is 231. The second kappa shape index (κ2) is 12.0. The van der Waals surface area contributed by atoms with Crippen LogP contribution in [0.3, 0.4) is 0 Å². The molecule has 0 radical (unpaired) electrons. The molecule has 0 aromatic heterocycles. The van der Waals surface area contributed by atoms with Crippen molar-refractivity contribution in [1.29, 1.82) is 0 Å². The Hall–Kier alpha value is 1.18. The second-order valence-electron chi connectivity index (χ2n) is 3.64. The highest BCUT2D eigenvalue weighted by atomic mass is 33.1. The summed E-state index contributed by atoms with van der Waals surface area (Å²) in [7, 11) is 6.43. The molecule has 8 heteroatoms. The van der Waals surface area contributed by atoms with Crippen LogP contribution in [0.25, 0.3) is 0 Å². The highest BCUT2D eigenvalue weighted by Crippen LogP contribution is 2.29. The first-order valence-electron chi connectivity index (χ1n) is 5.42. The fourth-order valence-corrected chi connectivity index (χ4v) is 5.83. The Morgan fingerprint density at radius 2 is 1.17 bits per heavy atom. The first kappa shape index (κ1) is 19.2. The largest absolute Gasteiger partial charge is 0.475 e. The third kappa shape index (κ3) is 13.6. The molecule has 0 bridgehead atoms. The first-order valence-corrected chi connectivity index (χ1v) is 10.9. The molecule has 0 saturated carbocycles. The summed E-state index contributed by atoms with van der Waals surface area (Å²) < 4.78 is 11.9. The Balaban J connectivity index is 3.36. The van der Waals surface area contributed by atoms with E-state index in [-0.39, 0.29) is 12.2 Å². The first-order chi connectivity index (χ1) is 8.41. The third-order valence-corrected chi connectivity index (χ3v) is 6.81. The zero-order chi connectivity index (χ0) is 14.0. The Morgan fingerprint density at radius 1 is 0.833 bits per heavy atom. The van der Waals surface area contributed by atoms with Gasteiger partial charge in [-0.3, -0.25) is 0 Å². The van der Waals surface area contributed by atoms with Crippen molar-refractivity contribution >= 4 is 76.4 Å². The number of ether oxygens (including phenoxy) is 2. The van der Waals surface area contributed by atoms with Gasteiger partial charge in [-0.15, -0.1) is 0 Å². The maximum absolute atomic E-state index is 5.36. The molecular formula is C10H18O2S6. The van der Waals surface area contributed by atoms with Crippen molar-refractivity contribution in [2.75, 3.05) is 11.5 Å². The monoisotopic (exact) mass is 362 g/mol. The zero-order valence-electron chi connectivity index (χ0n) is 10.8. The van der Waals surface area contributed by atoms with Gasteiger partial charge in [0, 0.05) is 11.5 Å². The fourth-order valence-electron chi connectivity index (χ4n) is 0.672. The lowest BCUT2D eigenvalue weighted by Gasteiger charge is -2.10. The van der Waals surface area contributed by atoms with E-state index in [0.29, 0.717) is 8.77 Å². The van der Waals surface area contributed by atoms with Gasteiger partial charge in [0.05, 0.1) is 12.2 Å². The van der Waals surface area contributed by atoms with Gasteiger partial charge in [-0.1, -0.05) is 21.6 Å². The quantitative estimate of drug-likeness (QED) is 0.346. The van der Waals surface area contributed by atoms with Crippen LogP contribution in [-0.2, 0) is 9.47 Å². The van der Waals surface area contributed by atoms with Crippen molar-refractivity contribution < 1.29 is 9.47 Å². The Morgan fingerprint density at radius 3 is 1.44 bits per heavy atom. The van der Waals surface area contributed by atoms with Gasteiger partial charge in [0.1, 0.15) is 0 Å². The minimum atomic E-state index is 0.154. The summed E-state index contributed by atoms with van der Waals surface area (Å²) in [6.45, 7) is 7.89. The van der Waals surface area contributed by atoms with E-state index in [4.69, 9.17) is 33.9 Å². The van der Waals surface area contributed by atoms with Crippen molar-refractivity contribution in [3.63, 3.8) is 0 Å². The van der Waals surface area contributed by atoms with Crippen LogP contribution < -0.4 is 0 Å². The van der Waals surface area contributed by atoms with Crippen molar-refractivity contribution in [3.05, 3.63) is 0 Å². The van der Waals surface area contributed by atoms with Gasteiger partial charge in [0.25, 0.3) is 0 Å². The number of thiocarbonyl (C=S) groups is 2. The molecule has 0 fully saturated rings. The number of hydrogen-bond acceptors (Lipinski definition) is 8. The van der Waals surface area contributed by atoms with E-state index in [1.807, 2.05) is 27.7 Å². The molecule has 18 heavy (non-hydrogen) atoms. The van der Waals surface area contributed by atoms with Gasteiger partial charge < -0.3 is 9.47 Å². The maximum Gasteiger partial charge on any atom is 0.231 e. The molecule has 106 valence electrons. The fraction of sp³-hybridized carbons (Fsp3) is 0.800. The summed E-state index contributed by atoms with van der Waals surface area (Å²) in [5.41, 5.74) is 0. The standard InChI is InChI=1S/C10H18O2S6/c1-7(2)11-9(13)17-15-5-6-16-18-10(14)12-8(3)4/h7-8H,5-6H2,1-4H3. The molecule has 0 rings (SSSR count). The molecule has 0 heterocycles. The summed E-state index contributed by atoms with van der Waals surface area (Å²) in [5.74, 6) is 1.99. The van der Waals surface area contributed by atoms with Gasteiger partial charge in [-0.2, -0.15) is 0 Å². The van der Waals surface area contributed by atoms with Gasteiger partial charge in [-0.05, 0) is 73.7 Å². The van der Waals surface area contributed by atoms with Crippen LogP contribution in [0.15, 0.2) is 0 Å². The topological polar surface area (TPSA) is 18.5 Å². The van der Waals surface area contributed by atoms with Crippen LogP contribution in [0.4, 0.5) is 0 Å². The van der Waals surface area contributed by atoms with Crippen molar-refractivity contribution in [2.24, 2.45) is 0 Å². The van der Waals surface area contributed by atoms with Gasteiger partial charge in [0.15, 0.2) is 0 Å². The summed E-state index contributed by atoms with van der Waals surface area (Å²) >= 11 is 10.1. The van der Waals surface area contributed by atoms with Crippen LogP contribution in [-0.4, -0.2) is 32.5 Å². The van der Waals surface area contributed by atoms with E-state index in [1.165, 1.54) is 21.6 Å². The second-order valence-corrected chi connectivity index (χ2v) is 9.68. The zero-order valence-corrected chi connectivity index (χ0v) is 15.7. The third-order valence-electron chi connectivity index (χ3n) is 1.17. The molecule has 0 aliphatic rings. The average Bonchev–Trinajstić information content (AvgIpc) is 2.20. The SMILES string of the molecule is CC(C)OC(=S)SSCCSSC(=S)OC(C)C. The molecular weight excluding hydrogens is 345 g/mol. The van der Waals surface area contributed by atoms with Crippen LogP contribution in [0.2, 0.25) is 0 Å². The molecule has 0 N–H and O–H groups in total. The number of rotatable bonds is 7. The molecule has 0 amide bonds. The lowest BCUT2D eigenvalue weighted by molar-refractivity contribution is 0.243. The Kier molecular flexibility index (Phi) is 12.7. The molecule has 0 aliphatic carbocycles. The normalized spacial score (nSPS) is 10.8. The molecule has 0 aromatic rings. The summed E-state index contributed by atoms with van der Waals surface area (Å²) in [6, 6.07) is 0. The molecule has 0 aromatic carbocycles. The van der Waals surface area contributed by atoms with Crippen molar-refractivity contribution in [1.82, 2.24) is 0 Å². The van der Waals surface area contributed by atoms with Crippen molar-refractivity contribution in [2.45, 2.75) is 39.9 Å².